The molecule has 0 aliphatic carbocycles. The molecule has 190 valence electrons. The van der Waals surface area contributed by atoms with Crippen LogP contribution in [0.25, 0.3) is 33.2 Å². The van der Waals surface area contributed by atoms with E-state index in [-0.39, 0.29) is 11.6 Å². The Kier molecular flexibility index (Phi) is 6.35. The zero-order valence-corrected chi connectivity index (χ0v) is 20.9. The Morgan fingerprint density at radius 2 is 1.97 bits per heavy atom. The van der Waals surface area contributed by atoms with Gasteiger partial charge >= 0.3 is 0 Å². The summed E-state index contributed by atoms with van der Waals surface area (Å²) in [6.45, 7) is 1.49. The second-order valence-electron chi connectivity index (χ2n) is 9.46. The summed E-state index contributed by atoms with van der Waals surface area (Å²) >= 11 is 0. The second-order valence-corrected chi connectivity index (χ2v) is 9.46. The number of halogens is 1. The van der Waals surface area contributed by atoms with Gasteiger partial charge in [0.1, 0.15) is 17.3 Å². The van der Waals surface area contributed by atoms with Gasteiger partial charge in [-0.15, -0.1) is 5.10 Å². The molecule has 0 spiro atoms. The molecule has 1 aliphatic heterocycles. The van der Waals surface area contributed by atoms with E-state index in [1.54, 1.807) is 41.3 Å². The first-order chi connectivity index (χ1) is 18.6. The number of carbonyl (C=O) groups is 1. The van der Waals surface area contributed by atoms with Crippen LogP contribution in [0.15, 0.2) is 79.4 Å². The van der Waals surface area contributed by atoms with Gasteiger partial charge in [-0.3, -0.25) is 19.4 Å². The van der Waals surface area contributed by atoms with Crippen LogP contribution in [-0.4, -0.2) is 50.0 Å². The van der Waals surface area contributed by atoms with Crippen LogP contribution in [0.2, 0.25) is 0 Å². The number of hydrogen-bond acceptors (Lipinski definition) is 6. The number of amides is 1. The highest BCUT2D eigenvalue weighted by Gasteiger charge is 2.31. The van der Waals surface area contributed by atoms with E-state index >= 15 is 4.39 Å². The molecular formula is C29H26FN7O. The van der Waals surface area contributed by atoms with E-state index in [1.807, 2.05) is 36.5 Å². The van der Waals surface area contributed by atoms with Crippen LogP contribution in [0, 0.1) is 5.82 Å². The van der Waals surface area contributed by atoms with Crippen LogP contribution in [0.5, 0.6) is 0 Å². The molecule has 6 rings (SSSR count). The molecule has 1 fully saturated rings. The fourth-order valence-electron chi connectivity index (χ4n) is 5.01. The zero-order valence-electron chi connectivity index (χ0n) is 20.9. The Balaban J connectivity index is 1.42. The Morgan fingerprint density at radius 1 is 1.08 bits per heavy atom. The van der Waals surface area contributed by atoms with E-state index in [9.17, 15) is 4.79 Å². The fourth-order valence-corrected chi connectivity index (χ4v) is 5.01. The molecule has 0 radical (unpaired) electrons. The monoisotopic (exact) mass is 507 g/mol. The SMILES string of the molecule is Cn1cc(-c2ccc(C(=O)N(c3nccc4cc(-c5cccnc5)ccc34)[C@@H]3CCCNC3)c(F)c2)nn1. The van der Waals surface area contributed by atoms with Crippen molar-refractivity contribution in [2.75, 3.05) is 18.0 Å². The molecule has 5 aromatic rings. The molecule has 0 unspecified atom stereocenters. The summed E-state index contributed by atoms with van der Waals surface area (Å²) in [7, 11) is 1.75. The van der Waals surface area contributed by atoms with Crippen molar-refractivity contribution in [3.8, 4) is 22.4 Å². The summed E-state index contributed by atoms with van der Waals surface area (Å²) in [5.74, 6) is -0.499. The molecule has 3 aromatic heterocycles. The van der Waals surface area contributed by atoms with Crippen molar-refractivity contribution >= 4 is 22.5 Å². The smallest absolute Gasteiger partial charge is 0.262 e. The third kappa shape index (κ3) is 4.52. The van der Waals surface area contributed by atoms with Crippen molar-refractivity contribution in [2.45, 2.75) is 18.9 Å². The molecule has 9 heteroatoms. The van der Waals surface area contributed by atoms with Gasteiger partial charge in [-0.2, -0.15) is 0 Å². The third-order valence-corrected chi connectivity index (χ3v) is 6.92. The lowest BCUT2D eigenvalue weighted by molar-refractivity contribution is 0.0968. The minimum Gasteiger partial charge on any atom is -0.315 e. The van der Waals surface area contributed by atoms with Gasteiger partial charge in [-0.1, -0.05) is 29.5 Å². The summed E-state index contributed by atoms with van der Waals surface area (Å²) in [4.78, 5) is 24.6. The Labute approximate surface area is 219 Å². The Morgan fingerprint density at radius 3 is 2.71 bits per heavy atom. The minimum absolute atomic E-state index is 0.00556. The number of carbonyl (C=O) groups excluding carboxylic acids is 1. The predicted molar refractivity (Wildman–Crippen MR) is 144 cm³/mol. The lowest BCUT2D eigenvalue weighted by Crippen LogP contribution is -2.49. The van der Waals surface area contributed by atoms with Crippen LogP contribution in [0.4, 0.5) is 10.2 Å². The maximum atomic E-state index is 15.4. The van der Waals surface area contributed by atoms with Gasteiger partial charge in [0.15, 0.2) is 0 Å². The van der Waals surface area contributed by atoms with Crippen molar-refractivity contribution in [3.05, 3.63) is 90.8 Å². The summed E-state index contributed by atoms with van der Waals surface area (Å²) in [5, 5.41) is 13.1. The van der Waals surface area contributed by atoms with Crippen LogP contribution in [-0.2, 0) is 7.05 Å². The van der Waals surface area contributed by atoms with Gasteiger partial charge in [0, 0.05) is 48.7 Å². The highest BCUT2D eigenvalue weighted by atomic mass is 19.1. The minimum atomic E-state index is -0.606. The maximum absolute atomic E-state index is 15.4. The zero-order chi connectivity index (χ0) is 26.1. The quantitative estimate of drug-likeness (QED) is 0.373. The van der Waals surface area contributed by atoms with Crippen molar-refractivity contribution in [3.63, 3.8) is 0 Å². The average molecular weight is 508 g/mol. The van der Waals surface area contributed by atoms with E-state index in [1.165, 1.54) is 12.1 Å². The van der Waals surface area contributed by atoms with Gasteiger partial charge in [0.2, 0.25) is 0 Å². The number of rotatable bonds is 5. The van der Waals surface area contributed by atoms with Crippen molar-refractivity contribution in [1.82, 2.24) is 30.3 Å². The number of nitrogens with zero attached hydrogens (tertiary/aromatic N) is 6. The van der Waals surface area contributed by atoms with Gasteiger partial charge < -0.3 is 5.32 Å². The topological polar surface area (TPSA) is 88.8 Å². The predicted octanol–water partition coefficient (Wildman–Crippen LogP) is 4.63. The molecule has 1 amide bonds. The van der Waals surface area contributed by atoms with Gasteiger partial charge in [-0.05, 0) is 60.7 Å². The number of aryl methyl sites for hydroxylation is 1. The first-order valence-corrected chi connectivity index (χ1v) is 12.6. The number of hydrogen-bond donors (Lipinski definition) is 1. The van der Waals surface area contributed by atoms with Crippen molar-refractivity contribution in [2.24, 2.45) is 7.05 Å². The Hall–Kier alpha value is -4.50. The molecule has 0 bridgehead atoms. The Bertz CT molecular complexity index is 1610. The van der Waals surface area contributed by atoms with E-state index in [4.69, 9.17) is 0 Å². The molecule has 0 saturated carbocycles. The van der Waals surface area contributed by atoms with Crippen molar-refractivity contribution < 1.29 is 9.18 Å². The maximum Gasteiger partial charge on any atom is 0.262 e. The van der Waals surface area contributed by atoms with Crippen LogP contribution in [0.3, 0.4) is 0 Å². The number of pyridine rings is 2. The molecule has 1 atom stereocenters. The highest BCUT2D eigenvalue weighted by Crippen LogP contribution is 2.32. The molecule has 1 N–H and O–H groups in total. The van der Waals surface area contributed by atoms with E-state index in [0.29, 0.717) is 23.6 Å². The number of anilines is 1. The average Bonchev–Trinajstić information content (AvgIpc) is 3.40. The molecule has 1 saturated heterocycles. The lowest BCUT2D eigenvalue weighted by atomic mass is 10.00. The molecule has 2 aromatic carbocycles. The standard InChI is InChI=1S/C29H26FN7O/c1-36-18-27(34-35-36)21-7-9-25(26(30)15-21)29(38)37(23-5-3-12-32-17-23)28-24-8-6-19(14-20(24)10-13-33-28)22-4-2-11-31-16-22/h2,4,6-11,13-16,18,23,32H,3,5,12,17H2,1H3/t23-/m1/s1. The number of nitrogens with one attached hydrogen (secondary N) is 1. The molecule has 8 nitrogen and oxygen atoms in total. The summed E-state index contributed by atoms with van der Waals surface area (Å²) in [6.07, 6.45) is 8.68. The summed E-state index contributed by atoms with van der Waals surface area (Å²) in [6, 6.07) is 16.3. The van der Waals surface area contributed by atoms with Gasteiger partial charge in [-0.25, -0.2) is 9.37 Å². The van der Waals surface area contributed by atoms with Crippen molar-refractivity contribution in [1.29, 1.82) is 0 Å². The highest BCUT2D eigenvalue weighted by molar-refractivity contribution is 6.10. The van der Waals surface area contributed by atoms with Gasteiger partial charge in [0.05, 0.1) is 17.8 Å². The lowest BCUT2D eigenvalue weighted by Gasteiger charge is -2.34. The largest absolute Gasteiger partial charge is 0.315 e. The molecule has 38 heavy (non-hydrogen) atoms. The normalized spacial score (nSPS) is 15.5. The summed E-state index contributed by atoms with van der Waals surface area (Å²) in [5.41, 5.74) is 3.12. The molecule has 4 heterocycles. The second kappa shape index (κ2) is 10.1. The van der Waals surface area contributed by atoms with Gasteiger partial charge in [0.25, 0.3) is 5.91 Å². The first kappa shape index (κ1) is 23.9. The number of piperidine rings is 1. The third-order valence-electron chi connectivity index (χ3n) is 6.92. The first-order valence-electron chi connectivity index (χ1n) is 12.6. The van der Waals surface area contributed by atoms with E-state index in [0.717, 1.165) is 41.3 Å². The van der Waals surface area contributed by atoms with E-state index < -0.39 is 11.7 Å². The number of fused-ring (bicyclic) bond motifs is 1. The molecule has 1 aliphatic rings. The molecular weight excluding hydrogens is 481 g/mol. The number of aromatic nitrogens is 5. The van der Waals surface area contributed by atoms with Crippen LogP contribution < -0.4 is 10.2 Å². The van der Waals surface area contributed by atoms with Crippen LogP contribution in [0.1, 0.15) is 23.2 Å². The summed E-state index contributed by atoms with van der Waals surface area (Å²) < 4.78 is 17.0. The number of benzene rings is 2. The van der Waals surface area contributed by atoms with E-state index in [2.05, 4.69) is 31.7 Å². The van der Waals surface area contributed by atoms with Crippen LogP contribution >= 0.6 is 0 Å². The fraction of sp³-hybridized carbons (Fsp3) is 0.207.